The molecule has 0 aliphatic carbocycles. The van der Waals surface area contributed by atoms with Gasteiger partial charge in [-0.1, -0.05) is 6.92 Å². The van der Waals surface area contributed by atoms with Crippen molar-refractivity contribution in [2.75, 3.05) is 11.9 Å². The average Bonchev–Trinajstić information content (AvgIpc) is 2.60. The number of hydrogen-bond donors (Lipinski definition) is 1. The number of anilines is 1. The smallest absolute Gasteiger partial charge is 0.338 e. The lowest BCUT2D eigenvalue weighted by Gasteiger charge is -2.06. The van der Waals surface area contributed by atoms with E-state index in [1.54, 1.807) is 24.3 Å². The number of aromatic nitrogens is 1. The topological polar surface area (TPSA) is 59.3 Å². The second-order valence-electron chi connectivity index (χ2n) is 5.62. The number of benzene rings is 1. The van der Waals surface area contributed by atoms with E-state index in [4.69, 9.17) is 4.74 Å². The van der Waals surface area contributed by atoms with Crippen molar-refractivity contribution in [2.24, 2.45) is 0 Å². The van der Waals surface area contributed by atoms with E-state index in [9.17, 15) is 9.59 Å². The first kappa shape index (κ1) is 20.8. The third-order valence-corrected chi connectivity index (χ3v) is 3.50. The van der Waals surface area contributed by atoms with Crippen molar-refractivity contribution in [3.8, 4) is 0 Å². The molecule has 0 saturated carbocycles. The summed E-state index contributed by atoms with van der Waals surface area (Å²) in [6.45, 7) is 5.00. The Bertz CT molecular complexity index is 685. The van der Waals surface area contributed by atoms with Gasteiger partial charge in [-0.05, 0) is 43.2 Å². The first-order valence-electron chi connectivity index (χ1n) is 8.11. The fourth-order valence-corrected chi connectivity index (χ4v) is 2.10. The Morgan fingerprint density at radius 1 is 1.08 bits per heavy atom. The van der Waals surface area contributed by atoms with Gasteiger partial charge in [0.2, 0.25) is 5.91 Å². The summed E-state index contributed by atoms with van der Waals surface area (Å²) in [5.74, 6) is -0.408. The zero-order valence-electron chi connectivity index (χ0n) is 14.5. The van der Waals surface area contributed by atoms with Gasteiger partial charge < -0.3 is 27.0 Å². The molecule has 0 bridgehead atoms. The molecule has 0 radical (unpaired) electrons. The van der Waals surface area contributed by atoms with E-state index in [-0.39, 0.29) is 28.9 Å². The molecule has 2 rings (SSSR count). The fraction of sp³-hybridized carbons (Fsp3) is 0.316. The van der Waals surface area contributed by atoms with Crippen LogP contribution in [0.3, 0.4) is 0 Å². The van der Waals surface area contributed by atoms with Gasteiger partial charge in [0, 0.05) is 17.8 Å². The van der Waals surface area contributed by atoms with Crippen LogP contribution in [0.5, 0.6) is 0 Å². The summed E-state index contributed by atoms with van der Waals surface area (Å²) in [6, 6.07) is 10.7. The fourth-order valence-electron chi connectivity index (χ4n) is 2.10. The summed E-state index contributed by atoms with van der Waals surface area (Å²) in [5, 5.41) is 2.83. The number of nitrogens with one attached hydrogen (secondary N) is 1. The van der Waals surface area contributed by atoms with Crippen LogP contribution in [0.15, 0.2) is 48.8 Å². The normalized spacial score (nSPS) is 9.84. The van der Waals surface area contributed by atoms with Crippen LogP contribution in [0.1, 0.15) is 35.7 Å². The second kappa shape index (κ2) is 10.6. The molecular formula is C19H23BrN2O3. The summed E-state index contributed by atoms with van der Waals surface area (Å²) in [7, 11) is 0. The molecule has 0 unspecified atom stereocenters. The first-order chi connectivity index (χ1) is 11.6. The van der Waals surface area contributed by atoms with Crippen molar-refractivity contribution in [1.29, 1.82) is 0 Å². The van der Waals surface area contributed by atoms with Crippen LogP contribution in [0.4, 0.5) is 5.69 Å². The molecule has 0 spiro atoms. The Balaban J connectivity index is 0.00000312. The Labute approximate surface area is 158 Å². The second-order valence-corrected chi connectivity index (χ2v) is 5.62. The van der Waals surface area contributed by atoms with Crippen LogP contribution >= 0.6 is 0 Å². The molecule has 0 atom stereocenters. The molecule has 0 aliphatic heterocycles. The number of pyridine rings is 1. The zero-order valence-corrected chi connectivity index (χ0v) is 16.1. The minimum atomic E-state index is -0.342. The van der Waals surface area contributed by atoms with Crippen LogP contribution in [0, 0.1) is 6.92 Å². The van der Waals surface area contributed by atoms with Gasteiger partial charge in [0.05, 0.1) is 18.6 Å². The molecule has 1 heterocycles. The van der Waals surface area contributed by atoms with Crippen LogP contribution in [-0.4, -0.2) is 18.5 Å². The SMILES string of the molecule is CCCOC(=O)c1ccc(NC(=O)CC[n+]2ccc(C)cc2)cc1.[Br-]. The number of amides is 1. The molecule has 1 amide bonds. The predicted molar refractivity (Wildman–Crippen MR) is 91.6 cm³/mol. The number of ether oxygens (including phenoxy) is 1. The number of carbonyl (C=O) groups excluding carboxylic acids is 2. The van der Waals surface area contributed by atoms with Crippen LogP contribution < -0.4 is 26.9 Å². The Morgan fingerprint density at radius 2 is 1.72 bits per heavy atom. The van der Waals surface area contributed by atoms with Crippen molar-refractivity contribution in [1.82, 2.24) is 0 Å². The maximum absolute atomic E-state index is 12.0. The van der Waals surface area contributed by atoms with Gasteiger partial charge in [0.1, 0.15) is 0 Å². The van der Waals surface area contributed by atoms with E-state index in [1.165, 1.54) is 5.56 Å². The lowest BCUT2D eigenvalue weighted by atomic mass is 10.2. The summed E-state index contributed by atoms with van der Waals surface area (Å²) < 4.78 is 7.04. The first-order valence-corrected chi connectivity index (χ1v) is 8.11. The molecule has 2 aromatic rings. The van der Waals surface area contributed by atoms with Crippen LogP contribution in [0.25, 0.3) is 0 Å². The van der Waals surface area contributed by atoms with Gasteiger partial charge in [-0.2, -0.15) is 0 Å². The third-order valence-electron chi connectivity index (χ3n) is 3.50. The highest BCUT2D eigenvalue weighted by atomic mass is 79.9. The van der Waals surface area contributed by atoms with E-state index < -0.39 is 0 Å². The minimum Gasteiger partial charge on any atom is -1.00 e. The third kappa shape index (κ3) is 7.05. The van der Waals surface area contributed by atoms with E-state index in [0.717, 1.165) is 6.42 Å². The number of rotatable bonds is 7. The Morgan fingerprint density at radius 3 is 2.32 bits per heavy atom. The van der Waals surface area contributed by atoms with Crippen LogP contribution in [-0.2, 0) is 16.1 Å². The molecule has 0 aliphatic rings. The highest BCUT2D eigenvalue weighted by molar-refractivity contribution is 5.92. The lowest BCUT2D eigenvalue weighted by molar-refractivity contribution is -0.695. The van der Waals surface area contributed by atoms with Crippen molar-refractivity contribution < 1.29 is 35.9 Å². The lowest BCUT2D eigenvalue weighted by Crippen LogP contribution is -3.00. The minimum absolute atomic E-state index is 0. The summed E-state index contributed by atoms with van der Waals surface area (Å²) in [4.78, 5) is 23.7. The Hall–Kier alpha value is -2.21. The number of nitrogens with zero attached hydrogens (tertiary/aromatic N) is 1. The quantitative estimate of drug-likeness (QED) is 0.515. The molecule has 25 heavy (non-hydrogen) atoms. The van der Waals surface area contributed by atoms with E-state index >= 15 is 0 Å². The standard InChI is InChI=1S/C19H22N2O3.BrH/c1-3-14-24-19(23)16-4-6-17(7-5-16)20-18(22)10-13-21-11-8-15(2)9-12-21;/h4-9,11-12H,3,10,13-14H2,1-2H3;1H. The van der Waals surface area contributed by atoms with Gasteiger partial charge in [0.25, 0.3) is 0 Å². The summed E-state index contributed by atoms with van der Waals surface area (Å²) >= 11 is 0. The van der Waals surface area contributed by atoms with Crippen molar-refractivity contribution in [3.63, 3.8) is 0 Å². The average molecular weight is 407 g/mol. The van der Waals surface area contributed by atoms with Gasteiger partial charge in [0.15, 0.2) is 18.9 Å². The van der Waals surface area contributed by atoms with Crippen LogP contribution in [0.2, 0.25) is 0 Å². The monoisotopic (exact) mass is 406 g/mol. The maximum atomic E-state index is 12.0. The van der Waals surface area contributed by atoms with Gasteiger partial charge >= 0.3 is 5.97 Å². The molecule has 6 heteroatoms. The van der Waals surface area contributed by atoms with Crippen molar-refractivity contribution in [2.45, 2.75) is 33.2 Å². The van der Waals surface area contributed by atoms with E-state index in [0.29, 0.717) is 30.8 Å². The number of hydrogen-bond acceptors (Lipinski definition) is 3. The zero-order chi connectivity index (χ0) is 17.4. The highest BCUT2D eigenvalue weighted by Gasteiger charge is 2.09. The number of aryl methyl sites for hydroxylation is 2. The number of esters is 1. The Kier molecular flexibility index (Phi) is 8.84. The summed E-state index contributed by atoms with van der Waals surface area (Å²) in [5.41, 5.74) is 2.34. The van der Waals surface area contributed by atoms with Crippen molar-refractivity contribution in [3.05, 3.63) is 59.9 Å². The molecule has 134 valence electrons. The molecule has 0 fully saturated rings. The van der Waals surface area contributed by atoms with Gasteiger partial charge in [-0.15, -0.1) is 0 Å². The summed E-state index contributed by atoms with van der Waals surface area (Å²) in [6.07, 6.45) is 5.09. The molecule has 0 saturated heterocycles. The van der Waals surface area contributed by atoms with E-state index in [1.807, 2.05) is 42.9 Å². The van der Waals surface area contributed by atoms with Gasteiger partial charge in [-0.25, -0.2) is 9.36 Å². The molecular weight excluding hydrogens is 384 g/mol. The van der Waals surface area contributed by atoms with E-state index in [2.05, 4.69) is 5.32 Å². The molecule has 1 aromatic carbocycles. The number of halogens is 1. The molecule has 1 aromatic heterocycles. The van der Waals surface area contributed by atoms with Gasteiger partial charge in [-0.3, -0.25) is 4.79 Å². The maximum Gasteiger partial charge on any atom is 0.338 e. The molecule has 1 N–H and O–H groups in total. The predicted octanol–water partition coefficient (Wildman–Crippen LogP) is -0.118. The highest BCUT2D eigenvalue weighted by Crippen LogP contribution is 2.11. The van der Waals surface area contributed by atoms with Crippen molar-refractivity contribution >= 4 is 17.6 Å². The largest absolute Gasteiger partial charge is 1.00 e. The molecule has 5 nitrogen and oxygen atoms in total. The number of carbonyl (C=O) groups is 2.